The van der Waals surface area contributed by atoms with Crippen molar-refractivity contribution >= 4 is 28.6 Å². The summed E-state index contributed by atoms with van der Waals surface area (Å²) in [5, 5.41) is 10.2. The van der Waals surface area contributed by atoms with Gasteiger partial charge in [-0.25, -0.2) is 9.78 Å². The van der Waals surface area contributed by atoms with E-state index in [9.17, 15) is 4.79 Å². The smallest absolute Gasteiger partial charge is 0.345 e. The van der Waals surface area contributed by atoms with E-state index >= 15 is 0 Å². The molecule has 0 fully saturated rings. The molecular weight excluding hydrogens is 292 g/mol. The van der Waals surface area contributed by atoms with E-state index in [1.165, 1.54) is 26.7 Å². The molecule has 0 aliphatic carbocycles. The van der Waals surface area contributed by atoms with E-state index in [0.29, 0.717) is 4.88 Å². The Balaban J connectivity index is 1.75. The lowest BCUT2D eigenvalue weighted by atomic mass is 10.1. The zero-order chi connectivity index (χ0) is 14.3. The molecule has 2 aromatic heterocycles. The van der Waals surface area contributed by atoms with Gasteiger partial charge in [-0.15, -0.1) is 22.7 Å². The minimum Gasteiger partial charge on any atom is -0.477 e. The summed E-state index contributed by atoms with van der Waals surface area (Å²) in [5.74, 6) is -0.818. The van der Waals surface area contributed by atoms with E-state index in [4.69, 9.17) is 5.11 Å². The molecule has 0 saturated carbocycles. The SMILES string of the molecule is Cc1nc(CN2CCc3cc(C(=O)O)sc3C2)c(C)s1. The second-order valence-corrected chi connectivity index (χ2v) is 7.60. The van der Waals surface area contributed by atoms with Crippen molar-refractivity contribution in [3.05, 3.63) is 37.0 Å². The molecule has 0 bridgehead atoms. The number of carboxylic acids is 1. The topological polar surface area (TPSA) is 53.4 Å². The molecule has 20 heavy (non-hydrogen) atoms. The first-order valence-electron chi connectivity index (χ1n) is 6.53. The van der Waals surface area contributed by atoms with Crippen LogP contribution in [0.15, 0.2) is 6.07 Å². The fourth-order valence-corrected chi connectivity index (χ4v) is 4.46. The summed E-state index contributed by atoms with van der Waals surface area (Å²) >= 11 is 3.15. The van der Waals surface area contributed by atoms with E-state index < -0.39 is 5.97 Å². The third-order valence-electron chi connectivity index (χ3n) is 3.54. The van der Waals surface area contributed by atoms with Gasteiger partial charge >= 0.3 is 5.97 Å². The van der Waals surface area contributed by atoms with Gasteiger partial charge in [-0.05, 0) is 31.9 Å². The number of hydrogen-bond acceptors (Lipinski definition) is 5. The van der Waals surface area contributed by atoms with Gasteiger partial charge in [-0.1, -0.05) is 0 Å². The molecule has 106 valence electrons. The van der Waals surface area contributed by atoms with Gasteiger partial charge in [-0.3, -0.25) is 4.90 Å². The first kappa shape index (κ1) is 13.7. The van der Waals surface area contributed by atoms with Crippen LogP contribution in [0.5, 0.6) is 0 Å². The number of fused-ring (bicyclic) bond motifs is 1. The number of nitrogens with zero attached hydrogens (tertiary/aromatic N) is 2. The standard InChI is InChI=1S/C14H16N2O2S2/c1-8-11(15-9(2)19-8)6-16-4-3-10-5-12(14(17)18)20-13(10)7-16/h5H,3-4,6-7H2,1-2H3,(H,17,18). The predicted molar refractivity (Wildman–Crippen MR) is 80.7 cm³/mol. The van der Waals surface area contributed by atoms with E-state index in [-0.39, 0.29) is 0 Å². The molecule has 1 aliphatic heterocycles. The van der Waals surface area contributed by atoms with Crippen LogP contribution in [0.4, 0.5) is 0 Å². The van der Waals surface area contributed by atoms with Crippen LogP contribution in [-0.4, -0.2) is 27.5 Å². The molecule has 3 rings (SSSR count). The number of aryl methyl sites for hydroxylation is 2. The lowest BCUT2D eigenvalue weighted by Gasteiger charge is -2.26. The zero-order valence-electron chi connectivity index (χ0n) is 11.5. The zero-order valence-corrected chi connectivity index (χ0v) is 13.1. The molecule has 0 radical (unpaired) electrons. The van der Waals surface area contributed by atoms with Gasteiger partial charge in [0.1, 0.15) is 4.88 Å². The molecular formula is C14H16N2O2S2. The lowest BCUT2D eigenvalue weighted by Crippen LogP contribution is -2.29. The van der Waals surface area contributed by atoms with Crippen LogP contribution >= 0.6 is 22.7 Å². The molecule has 6 heteroatoms. The Kier molecular flexibility index (Phi) is 3.62. The fraction of sp³-hybridized carbons (Fsp3) is 0.429. The van der Waals surface area contributed by atoms with Crippen LogP contribution in [0, 0.1) is 13.8 Å². The summed E-state index contributed by atoms with van der Waals surface area (Å²) in [6, 6.07) is 1.83. The van der Waals surface area contributed by atoms with Crippen LogP contribution in [0.3, 0.4) is 0 Å². The van der Waals surface area contributed by atoms with E-state index in [1.54, 1.807) is 11.3 Å². The van der Waals surface area contributed by atoms with E-state index in [0.717, 1.165) is 36.8 Å². The monoisotopic (exact) mass is 308 g/mol. The summed E-state index contributed by atoms with van der Waals surface area (Å²) in [7, 11) is 0. The molecule has 0 unspecified atom stereocenters. The maximum absolute atomic E-state index is 11.0. The number of carboxylic acid groups (broad SMARTS) is 1. The highest BCUT2D eigenvalue weighted by molar-refractivity contribution is 7.14. The Hall–Kier alpha value is -1.24. The van der Waals surface area contributed by atoms with Crippen molar-refractivity contribution in [1.82, 2.24) is 9.88 Å². The van der Waals surface area contributed by atoms with Crippen molar-refractivity contribution < 1.29 is 9.90 Å². The van der Waals surface area contributed by atoms with Crippen LogP contribution < -0.4 is 0 Å². The molecule has 0 atom stereocenters. The molecule has 1 aliphatic rings. The first-order chi connectivity index (χ1) is 9.52. The van der Waals surface area contributed by atoms with Crippen LogP contribution in [0.25, 0.3) is 0 Å². The summed E-state index contributed by atoms with van der Waals surface area (Å²) in [4.78, 5) is 20.9. The number of thiophene rings is 1. The first-order valence-corrected chi connectivity index (χ1v) is 8.16. The van der Waals surface area contributed by atoms with Crippen molar-refractivity contribution in [2.24, 2.45) is 0 Å². The van der Waals surface area contributed by atoms with Gasteiger partial charge in [0.15, 0.2) is 0 Å². The summed E-state index contributed by atoms with van der Waals surface area (Å²) in [6.45, 7) is 6.81. The van der Waals surface area contributed by atoms with Crippen molar-refractivity contribution in [2.75, 3.05) is 6.54 Å². The highest BCUT2D eigenvalue weighted by atomic mass is 32.1. The van der Waals surface area contributed by atoms with Crippen molar-refractivity contribution in [3.63, 3.8) is 0 Å². The number of rotatable bonds is 3. The summed E-state index contributed by atoms with van der Waals surface area (Å²) in [5.41, 5.74) is 2.36. The van der Waals surface area contributed by atoms with Crippen LogP contribution in [-0.2, 0) is 19.5 Å². The molecule has 1 N–H and O–H groups in total. The maximum Gasteiger partial charge on any atom is 0.345 e. The minimum atomic E-state index is -0.818. The predicted octanol–water partition coefficient (Wildman–Crippen LogP) is 3.08. The highest BCUT2D eigenvalue weighted by Crippen LogP contribution is 2.29. The van der Waals surface area contributed by atoms with E-state index in [1.807, 2.05) is 13.0 Å². The minimum absolute atomic E-state index is 0.456. The number of hydrogen-bond donors (Lipinski definition) is 1. The van der Waals surface area contributed by atoms with Gasteiger partial charge in [0.25, 0.3) is 0 Å². The number of aromatic carboxylic acids is 1. The maximum atomic E-state index is 11.0. The summed E-state index contributed by atoms with van der Waals surface area (Å²) < 4.78 is 0. The third-order valence-corrected chi connectivity index (χ3v) is 5.62. The Labute approximate surface area is 125 Å². The number of carbonyl (C=O) groups is 1. The average Bonchev–Trinajstić information content (AvgIpc) is 2.93. The fourth-order valence-electron chi connectivity index (χ4n) is 2.54. The van der Waals surface area contributed by atoms with Crippen molar-refractivity contribution in [1.29, 1.82) is 0 Å². The molecule has 0 spiro atoms. The van der Waals surface area contributed by atoms with Gasteiger partial charge in [-0.2, -0.15) is 0 Å². The molecule has 4 nitrogen and oxygen atoms in total. The molecule has 0 aromatic carbocycles. The molecule has 2 aromatic rings. The van der Waals surface area contributed by atoms with Crippen molar-refractivity contribution in [3.8, 4) is 0 Å². The van der Waals surface area contributed by atoms with Gasteiger partial charge < -0.3 is 5.11 Å². The number of aromatic nitrogens is 1. The molecule has 3 heterocycles. The lowest BCUT2D eigenvalue weighted by molar-refractivity contribution is 0.0702. The second kappa shape index (κ2) is 5.27. The largest absolute Gasteiger partial charge is 0.477 e. The Morgan fingerprint density at radius 3 is 2.90 bits per heavy atom. The van der Waals surface area contributed by atoms with E-state index in [2.05, 4.69) is 16.8 Å². The molecule has 0 amide bonds. The highest BCUT2D eigenvalue weighted by Gasteiger charge is 2.22. The van der Waals surface area contributed by atoms with Crippen LogP contribution in [0.1, 0.15) is 35.7 Å². The Bertz CT molecular complexity index is 660. The Morgan fingerprint density at radius 1 is 1.45 bits per heavy atom. The molecule has 0 saturated heterocycles. The van der Waals surface area contributed by atoms with Crippen LogP contribution in [0.2, 0.25) is 0 Å². The number of thiazole rings is 1. The third kappa shape index (κ3) is 2.63. The van der Waals surface area contributed by atoms with Gasteiger partial charge in [0.05, 0.1) is 10.7 Å². The second-order valence-electron chi connectivity index (χ2n) is 5.06. The Morgan fingerprint density at radius 2 is 2.25 bits per heavy atom. The quantitative estimate of drug-likeness (QED) is 0.947. The normalized spacial score (nSPS) is 15.3. The van der Waals surface area contributed by atoms with Gasteiger partial charge in [0, 0.05) is 29.4 Å². The summed E-state index contributed by atoms with van der Waals surface area (Å²) in [6.07, 6.45) is 0.932. The van der Waals surface area contributed by atoms with Gasteiger partial charge in [0.2, 0.25) is 0 Å². The average molecular weight is 308 g/mol. The van der Waals surface area contributed by atoms with Crippen molar-refractivity contribution in [2.45, 2.75) is 33.4 Å².